The maximum absolute atomic E-state index is 12.4. The third-order valence-electron chi connectivity index (χ3n) is 5.54. The smallest absolute Gasteiger partial charge is 0.406 e. The lowest BCUT2D eigenvalue weighted by atomic mass is 9.93. The number of halogens is 3. The Balaban J connectivity index is 1.47. The summed E-state index contributed by atoms with van der Waals surface area (Å²) in [7, 11) is 0. The van der Waals surface area contributed by atoms with Crippen molar-refractivity contribution in [2.75, 3.05) is 11.4 Å². The van der Waals surface area contributed by atoms with Crippen molar-refractivity contribution < 1.29 is 22.7 Å². The number of rotatable bonds is 3. The van der Waals surface area contributed by atoms with Gasteiger partial charge in [-0.1, -0.05) is 12.1 Å². The molecule has 0 saturated heterocycles. The second-order valence-corrected chi connectivity index (χ2v) is 7.47. The van der Waals surface area contributed by atoms with Crippen molar-refractivity contribution in [3.05, 3.63) is 66.0 Å². The van der Waals surface area contributed by atoms with Gasteiger partial charge in [0.2, 0.25) is 5.91 Å². The van der Waals surface area contributed by atoms with Crippen molar-refractivity contribution in [3.63, 3.8) is 0 Å². The number of pyridine rings is 1. The molecule has 2 aromatic carbocycles. The van der Waals surface area contributed by atoms with Crippen LogP contribution in [-0.4, -0.2) is 23.8 Å². The van der Waals surface area contributed by atoms with E-state index in [4.69, 9.17) is 0 Å². The summed E-state index contributed by atoms with van der Waals surface area (Å²) in [4.78, 5) is 18.3. The van der Waals surface area contributed by atoms with Crippen LogP contribution in [0.4, 0.5) is 18.9 Å². The zero-order chi connectivity index (χ0) is 20.9. The van der Waals surface area contributed by atoms with Gasteiger partial charge in [-0.2, -0.15) is 0 Å². The molecule has 0 spiro atoms. The van der Waals surface area contributed by atoms with Crippen LogP contribution < -0.4 is 9.64 Å². The van der Waals surface area contributed by atoms with Gasteiger partial charge < -0.3 is 9.64 Å². The zero-order valence-corrected chi connectivity index (χ0v) is 15.9. The van der Waals surface area contributed by atoms with Crippen molar-refractivity contribution in [3.8, 4) is 28.0 Å². The molecule has 152 valence electrons. The SMILES string of the molecule is O=C1CCc2cc(-c3cncc(-c4ccc(OC(F)(F)F)cc4)c3)cc3c2N1CC3. The minimum absolute atomic E-state index is 0.190. The van der Waals surface area contributed by atoms with Crippen LogP contribution in [0, 0.1) is 0 Å². The first kappa shape index (κ1) is 18.7. The molecule has 0 saturated carbocycles. The standard InChI is InChI=1S/C23H17F3N2O2/c24-23(25,26)30-20-4-1-14(2-5-20)18-11-19(13-27-12-18)17-9-15-3-6-21(29)28-8-7-16(10-17)22(15)28/h1-2,4-5,9-13H,3,6-8H2. The fourth-order valence-corrected chi connectivity index (χ4v) is 4.23. The highest BCUT2D eigenvalue weighted by molar-refractivity contribution is 5.99. The summed E-state index contributed by atoms with van der Waals surface area (Å²) < 4.78 is 41.0. The van der Waals surface area contributed by atoms with Crippen molar-refractivity contribution in [2.24, 2.45) is 0 Å². The van der Waals surface area contributed by atoms with E-state index in [9.17, 15) is 18.0 Å². The van der Waals surface area contributed by atoms with Crippen LogP contribution >= 0.6 is 0 Å². The van der Waals surface area contributed by atoms with Gasteiger partial charge >= 0.3 is 6.36 Å². The van der Waals surface area contributed by atoms with Gasteiger partial charge in [0.1, 0.15) is 5.75 Å². The van der Waals surface area contributed by atoms with Gasteiger partial charge in [-0.3, -0.25) is 9.78 Å². The quantitative estimate of drug-likeness (QED) is 0.600. The fourth-order valence-electron chi connectivity index (χ4n) is 4.23. The zero-order valence-electron chi connectivity index (χ0n) is 15.9. The van der Waals surface area contributed by atoms with Gasteiger partial charge in [-0.15, -0.1) is 13.2 Å². The fraction of sp³-hybridized carbons (Fsp3) is 0.217. The molecule has 0 radical (unpaired) electrons. The largest absolute Gasteiger partial charge is 0.573 e. The number of benzene rings is 2. The molecule has 3 heterocycles. The number of amides is 1. The molecule has 2 aliphatic rings. The van der Waals surface area contributed by atoms with Gasteiger partial charge in [-0.25, -0.2) is 0 Å². The van der Waals surface area contributed by atoms with E-state index in [0.29, 0.717) is 6.42 Å². The molecule has 1 amide bonds. The highest BCUT2D eigenvalue weighted by Gasteiger charge is 2.32. The van der Waals surface area contributed by atoms with Crippen LogP contribution in [-0.2, 0) is 17.6 Å². The molecule has 5 rings (SSSR count). The van der Waals surface area contributed by atoms with E-state index in [1.54, 1.807) is 24.5 Å². The molecule has 2 aliphatic heterocycles. The normalized spacial score (nSPS) is 15.3. The van der Waals surface area contributed by atoms with E-state index in [0.717, 1.165) is 47.3 Å². The van der Waals surface area contributed by atoms with Gasteiger partial charge in [0, 0.05) is 36.5 Å². The summed E-state index contributed by atoms with van der Waals surface area (Å²) in [5, 5.41) is 0. The summed E-state index contributed by atoms with van der Waals surface area (Å²) in [6, 6.07) is 11.9. The Morgan fingerprint density at radius 2 is 1.50 bits per heavy atom. The number of anilines is 1. The maximum Gasteiger partial charge on any atom is 0.573 e. The maximum atomic E-state index is 12.4. The van der Waals surface area contributed by atoms with Crippen LogP contribution in [0.5, 0.6) is 5.75 Å². The first-order chi connectivity index (χ1) is 14.4. The van der Waals surface area contributed by atoms with E-state index in [2.05, 4.69) is 21.9 Å². The minimum atomic E-state index is -4.71. The number of carbonyl (C=O) groups excluding carboxylic acids is 1. The number of aryl methyl sites for hydroxylation is 1. The lowest BCUT2D eigenvalue weighted by Crippen LogP contribution is -2.32. The number of hydrogen-bond acceptors (Lipinski definition) is 3. The molecule has 1 aromatic heterocycles. The second-order valence-electron chi connectivity index (χ2n) is 7.47. The Morgan fingerprint density at radius 1 is 0.833 bits per heavy atom. The minimum Gasteiger partial charge on any atom is -0.406 e. The Kier molecular flexibility index (Phi) is 4.27. The summed E-state index contributed by atoms with van der Waals surface area (Å²) in [6.07, 6.45) is 0.854. The Hall–Kier alpha value is -3.35. The molecule has 0 bridgehead atoms. The van der Waals surface area contributed by atoms with Crippen LogP contribution in [0.3, 0.4) is 0 Å². The number of ether oxygens (including phenoxy) is 1. The molecule has 4 nitrogen and oxygen atoms in total. The molecule has 0 unspecified atom stereocenters. The Labute approximate surface area is 170 Å². The van der Waals surface area contributed by atoms with Gasteiger partial charge in [0.15, 0.2) is 0 Å². The molecule has 0 N–H and O–H groups in total. The second kappa shape index (κ2) is 6.86. The van der Waals surface area contributed by atoms with E-state index < -0.39 is 6.36 Å². The summed E-state index contributed by atoms with van der Waals surface area (Å²) in [5.74, 6) is -0.0669. The average molecular weight is 410 g/mol. The van der Waals surface area contributed by atoms with Gasteiger partial charge in [0.05, 0.1) is 5.69 Å². The molecule has 0 aliphatic carbocycles. The summed E-state index contributed by atoms with van der Waals surface area (Å²) >= 11 is 0. The van der Waals surface area contributed by atoms with Crippen LogP contribution in [0.25, 0.3) is 22.3 Å². The van der Waals surface area contributed by atoms with Crippen molar-refractivity contribution >= 4 is 11.6 Å². The lowest BCUT2D eigenvalue weighted by Gasteiger charge is -2.25. The topological polar surface area (TPSA) is 42.4 Å². The van der Waals surface area contributed by atoms with E-state index in [-0.39, 0.29) is 11.7 Å². The summed E-state index contributed by atoms with van der Waals surface area (Å²) in [6.45, 7) is 0.731. The number of alkyl halides is 3. The molecule has 30 heavy (non-hydrogen) atoms. The van der Waals surface area contributed by atoms with Crippen LogP contribution in [0.2, 0.25) is 0 Å². The van der Waals surface area contributed by atoms with E-state index >= 15 is 0 Å². The molecule has 0 atom stereocenters. The highest BCUT2D eigenvalue weighted by Crippen LogP contribution is 2.40. The number of carbonyl (C=O) groups is 1. The first-order valence-corrected chi connectivity index (χ1v) is 9.65. The van der Waals surface area contributed by atoms with Crippen molar-refractivity contribution in [1.29, 1.82) is 0 Å². The van der Waals surface area contributed by atoms with Crippen molar-refractivity contribution in [2.45, 2.75) is 25.6 Å². The number of hydrogen-bond donors (Lipinski definition) is 0. The highest BCUT2D eigenvalue weighted by atomic mass is 19.4. The van der Waals surface area contributed by atoms with Gasteiger partial charge in [0.25, 0.3) is 0 Å². The number of nitrogens with zero attached hydrogens (tertiary/aromatic N) is 2. The monoisotopic (exact) mass is 410 g/mol. The third-order valence-corrected chi connectivity index (χ3v) is 5.54. The predicted molar refractivity (Wildman–Crippen MR) is 106 cm³/mol. The Bertz CT molecular complexity index is 1140. The molecule has 7 heteroatoms. The average Bonchev–Trinajstić information content (AvgIpc) is 3.16. The third kappa shape index (κ3) is 3.40. The van der Waals surface area contributed by atoms with Crippen molar-refractivity contribution in [1.82, 2.24) is 4.98 Å². The molecule has 0 fully saturated rings. The first-order valence-electron chi connectivity index (χ1n) is 9.65. The van der Waals surface area contributed by atoms with E-state index in [1.165, 1.54) is 23.3 Å². The van der Waals surface area contributed by atoms with E-state index in [1.807, 2.05) is 11.0 Å². The Morgan fingerprint density at radius 3 is 2.20 bits per heavy atom. The lowest BCUT2D eigenvalue weighted by molar-refractivity contribution is -0.274. The molecular formula is C23H17F3N2O2. The van der Waals surface area contributed by atoms with Crippen LogP contribution in [0.15, 0.2) is 54.9 Å². The molecular weight excluding hydrogens is 393 g/mol. The molecule has 3 aromatic rings. The van der Waals surface area contributed by atoms with Crippen LogP contribution in [0.1, 0.15) is 17.5 Å². The predicted octanol–water partition coefficient (Wildman–Crippen LogP) is 5.15. The number of aromatic nitrogens is 1. The van der Waals surface area contributed by atoms with Gasteiger partial charge in [-0.05, 0) is 65.4 Å². The summed E-state index contributed by atoms with van der Waals surface area (Å²) in [5.41, 5.74) is 6.94.